The molecule has 0 saturated carbocycles. The predicted octanol–water partition coefficient (Wildman–Crippen LogP) is 6.89. The van der Waals surface area contributed by atoms with Gasteiger partial charge < -0.3 is 5.32 Å². The van der Waals surface area contributed by atoms with Crippen molar-refractivity contribution >= 4 is 55.7 Å². The Hall–Kier alpha value is -4.24. The van der Waals surface area contributed by atoms with Crippen molar-refractivity contribution in [3.63, 3.8) is 0 Å². The van der Waals surface area contributed by atoms with Gasteiger partial charge in [0.05, 0.1) is 16.8 Å². The summed E-state index contributed by atoms with van der Waals surface area (Å²) in [6, 6.07) is 33.9. The van der Waals surface area contributed by atoms with Crippen LogP contribution in [0.3, 0.4) is 0 Å². The van der Waals surface area contributed by atoms with E-state index in [2.05, 4.69) is 34.5 Å². The molecule has 6 aromatic rings. The topological polar surface area (TPSA) is 67.2 Å². The third-order valence-electron chi connectivity index (χ3n) is 7.58. The third kappa shape index (κ3) is 5.25. The summed E-state index contributed by atoms with van der Waals surface area (Å²) in [6.07, 6.45) is 0.813. The molecule has 0 aliphatic carbocycles. The maximum atomic E-state index is 14.1. The van der Waals surface area contributed by atoms with Gasteiger partial charge in [-0.25, -0.2) is 4.98 Å². The minimum atomic E-state index is -0.146. The standard InChI is InChI=1S/C34H28N4O2S2/c39-30(35-28-17-9-13-24-12-7-8-16-26(24)28)22-41-34-36-32-31(33(40)38(34)25-14-5-2-6-15-25)27-18-19-37(21-29(27)42-32)20-23-10-3-1-4-11-23/h1-17H,18-22H2,(H,35,39). The van der Waals surface area contributed by atoms with Gasteiger partial charge in [0.1, 0.15) is 4.83 Å². The van der Waals surface area contributed by atoms with Crippen molar-refractivity contribution in [1.82, 2.24) is 14.5 Å². The number of amides is 1. The zero-order valence-electron chi connectivity index (χ0n) is 22.8. The highest BCUT2D eigenvalue weighted by Gasteiger charge is 2.26. The molecule has 0 atom stereocenters. The Kier molecular flexibility index (Phi) is 7.34. The van der Waals surface area contributed by atoms with Gasteiger partial charge in [-0.05, 0) is 41.1 Å². The molecule has 42 heavy (non-hydrogen) atoms. The van der Waals surface area contributed by atoms with Crippen LogP contribution in [0, 0.1) is 0 Å². The van der Waals surface area contributed by atoms with E-state index in [0.29, 0.717) is 10.5 Å². The van der Waals surface area contributed by atoms with E-state index < -0.39 is 0 Å². The summed E-state index contributed by atoms with van der Waals surface area (Å²) in [5.41, 5.74) is 3.85. The van der Waals surface area contributed by atoms with Crippen LogP contribution in [0.15, 0.2) is 113 Å². The normalized spacial score (nSPS) is 13.3. The van der Waals surface area contributed by atoms with Crippen molar-refractivity contribution in [2.24, 2.45) is 0 Å². The monoisotopic (exact) mass is 588 g/mol. The van der Waals surface area contributed by atoms with E-state index in [-0.39, 0.29) is 17.2 Å². The van der Waals surface area contributed by atoms with E-state index in [9.17, 15) is 9.59 Å². The van der Waals surface area contributed by atoms with E-state index >= 15 is 0 Å². The van der Waals surface area contributed by atoms with Crippen LogP contribution < -0.4 is 10.9 Å². The molecule has 1 amide bonds. The first-order chi connectivity index (χ1) is 20.6. The van der Waals surface area contributed by atoms with Gasteiger partial charge in [-0.1, -0.05) is 96.7 Å². The minimum absolute atomic E-state index is 0.0721. The first kappa shape index (κ1) is 26.6. The zero-order valence-corrected chi connectivity index (χ0v) is 24.5. The second kappa shape index (κ2) is 11.6. The van der Waals surface area contributed by atoms with Gasteiger partial charge in [-0.2, -0.15) is 0 Å². The Morgan fingerprint density at radius 1 is 0.905 bits per heavy atom. The Labute approximate surface area is 251 Å². The van der Waals surface area contributed by atoms with Crippen molar-refractivity contribution < 1.29 is 4.79 Å². The molecule has 1 N–H and O–H groups in total. The molecule has 208 valence electrons. The molecule has 0 spiro atoms. The molecule has 4 aromatic carbocycles. The number of anilines is 1. The largest absolute Gasteiger partial charge is 0.325 e. The number of hydrogen-bond donors (Lipinski definition) is 1. The van der Waals surface area contributed by atoms with Crippen LogP contribution in [0.4, 0.5) is 5.69 Å². The van der Waals surface area contributed by atoms with Gasteiger partial charge in [0, 0.05) is 35.6 Å². The first-order valence-electron chi connectivity index (χ1n) is 13.9. The highest BCUT2D eigenvalue weighted by atomic mass is 32.2. The quantitative estimate of drug-likeness (QED) is 0.163. The van der Waals surface area contributed by atoms with Gasteiger partial charge in [0.15, 0.2) is 5.16 Å². The summed E-state index contributed by atoms with van der Waals surface area (Å²) in [6.45, 7) is 2.57. The zero-order chi connectivity index (χ0) is 28.5. The maximum absolute atomic E-state index is 14.1. The van der Waals surface area contributed by atoms with Crippen LogP contribution in [-0.2, 0) is 24.3 Å². The van der Waals surface area contributed by atoms with Crippen LogP contribution >= 0.6 is 23.1 Å². The van der Waals surface area contributed by atoms with E-state index in [4.69, 9.17) is 4.98 Å². The fourth-order valence-electron chi connectivity index (χ4n) is 5.61. The predicted molar refractivity (Wildman–Crippen MR) is 173 cm³/mol. The molecule has 0 radical (unpaired) electrons. The molecule has 0 unspecified atom stereocenters. The molecular weight excluding hydrogens is 561 g/mol. The SMILES string of the molecule is O=C(CSc1nc2sc3c(c2c(=O)n1-c1ccccc1)CCN(Cc1ccccc1)C3)Nc1cccc2ccccc12. The van der Waals surface area contributed by atoms with Crippen molar-refractivity contribution in [2.45, 2.75) is 24.7 Å². The minimum Gasteiger partial charge on any atom is -0.325 e. The Bertz CT molecular complexity index is 1960. The number of carbonyl (C=O) groups excluding carboxylic acids is 1. The third-order valence-corrected chi connectivity index (χ3v) is 9.63. The fraction of sp³-hybridized carbons (Fsp3) is 0.147. The number of thiophene rings is 1. The second-order valence-corrected chi connectivity index (χ2v) is 12.4. The summed E-state index contributed by atoms with van der Waals surface area (Å²) in [5.74, 6) is -0.0171. The summed E-state index contributed by atoms with van der Waals surface area (Å²) in [7, 11) is 0. The van der Waals surface area contributed by atoms with Crippen molar-refractivity contribution in [3.05, 3.63) is 129 Å². The van der Waals surface area contributed by atoms with Crippen LogP contribution in [-0.4, -0.2) is 32.7 Å². The lowest BCUT2D eigenvalue weighted by Crippen LogP contribution is -2.30. The molecule has 0 fully saturated rings. The second-order valence-electron chi connectivity index (χ2n) is 10.4. The number of aromatic nitrogens is 2. The maximum Gasteiger partial charge on any atom is 0.267 e. The Balaban J connectivity index is 1.19. The van der Waals surface area contributed by atoms with Gasteiger partial charge in [-0.15, -0.1) is 11.3 Å². The summed E-state index contributed by atoms with van der Waals surface area (Å²) >= 11 is 2.89. The van der Waals surface area contributed by atoms with E-state index in [1.165, 1.54) is 22.2 Å². The molecule has 6 nitrogen and oxygen atoms in total. The average molecular weight is 589 g/mol. The van der Waals surface area contributed by atoms with Crippen LogP contribution in [0.5, 0.6) is 0 Å². The van der Waals surface area contributed by atoms with Crippen molar-refractivity contribution in [1.29, 1.82) is 0 Å². The molecule has 2 aromatic heterocycles. The number of carbonyl (C=O) groups is 1. The number of rotatable bonds is 7. The van der Waals surface area contributed by atoms with E-state index in [0.717, 1.165) is 58.6 Å². The Morgan fingerprint density at radius 3 is 2.48 bits per heavy atom. The molecule has 1 aliphatic rings. The molecular formula is C34H28N4O2S2. The number of thioether (sulfide) groups is 1. The lowest BCUT2D eigenvalue weighted by atomic mass is 10.0. The van der Waals surface area contributed by atoms with Gasteiger partial charge in [0.2, 0.25) is 5.91 Å². The number of hydrogen-bond acceptors (Lipinski definition) is 6. The number of benzene rings is 4. The fourth-order valence-corrected chi connectivity index (χ4v) is 7.72. The molecule has 3 heterocycles. The van der Waals surface area contributed by atoms with Crippen molar-refractivity contribution in [2.75, 3.05) is 17.6 Å². The number of nitrogens with one attached hydrogen (secondary N) is 1. The van der Waals surface area contributed by atoms with Gasteiger partial charge in [0.25, 0.3) is 5.56 Å². The highest BCUT2D eigenvalue weighted by molar-refractivity contribution is 7.99. The summed E-state index contributed by atoms with van der Waals surface area (Å²) in [5, 5.41) is 6.34. The summed E-state index contributed by atoms with van der Waals surface area (Å²) < 4.78 is 1.67. The van der Waals surface area contributed by atoms with Crippen molar-refractivity contribution in [3.8, 4) is 5.69 Å². The highest BCUT2D eigenvalue weighted by Crippen LogP contribution is 2.35. The van der Waals surface area contributed by atoms with Crippen LogP contribution in [0.25, 0.3) is 26.7 Å². The number of para-hydroxylation sites is 1. The molecule has 0 bridgehead atoms. The smallest absolute Gasteiger partial charge is 0.267 e. The average Bonchev–Trinajstić information content (AvgIpc) is 3.39. The lowest BCUT2D eigenvalue weighted by molar-refractivity contribution is -0.113. The van der Waals surface area contributed by atoms with E-state index in [1.807, 2.05) is 78.9 Å². The molecule has 8 heteroatoms. The summed E-state index contributed by atoms with van der Waals surface area (Å²) in [4.78, 5) is 36.6. The van der Waals surface area contributed by atoms with Gasteiger partial charge >= 0.3 is 0 Å². The van der Waals surface area contributed by atoms with Gasteiger partial charge in [-0.3, -0.25) is 19.1 Å². The molecule has 0 saturated heterocycles. The lowest BCUT2D eigenvalue weighted by Gasteiger charge is -2.26. The number of nitrogens with zero attached hydrogens (tertiary/aromatic N) is 3. The Morgan fingerprint density at radius 2 is 1.64 bits per heavy atom. The van der Waals surface area contributed by atoms with Crippen LogP contribution in [0.2, 0.25) is 0 Å². The number of fused-ring (bicyclic) bond motifs is 4. The molecule has 1 aliphatic heterocycles. The van der Waals surface area contributed by atoms with E-state index in [1.54, 1.807) is 15.9 Å². The first-order valence-corrected chi connectivity index (χ1v) is 15.7. The molecule has 7 rings (SSSR count). The van der Waals surface area contributed by atoms with Crippen LogP contribution in [0.1, 0.15) is 16.0 Å².